The zero-order valence-corrected chi connectivity index (χ0v) is 15.2. The summed E-state index contributed by atoms with van der Waals surface area (Å²) < 4.78 is 9.85. The summed E-state index contributed by atoms with van der Waals surface area (Å²) in [6.45, 7) is 6.90. The Bertz CT molecular complexity index is 385. The number of esters is 1. The van der Waals surface area contributed by atoms with E-state index in [0.717, 1.165) is 0 Å². The highest BCUT2D eigenvalue weighted by Gasteiger charge is 2.24. The fourth-order valence-electron chi connectivity index (χ4n) is 1.26. The molecule has 128 valence electrons. The van der Waals surface area contributed by atoms with Gasteiger partial charge in [-0.15, -0.1) is 0 Å². The molecule has 9 heteroatoms. The highest BCUT2D eigenvalue weighted by molar-refractivity contribution is 8.76. The first-order valence-electron chi connectivity index (χ1n) is 6.78. The molecule has 2 amide bonds. The van der Waals surface area contributed by atoms with Gasteiger partial charge in [-0.3, -0.25) is 9.59 Å². The van der Waals surface area contributed by atoms with E-state index in [0.29, 0.717) is 5.75 Å². The van der Waals surface area contributed by atoms with Gasteiger partial charge >= 0.3 is 12.1 Å². The topological polar surface area (TPSA) is 93.7 Å². The Morgan fingerprint density at radius 3 is 2.36 bits per heavy atom. The van der Waals surface area contributed by atoms with Crippen LogP contribution in [0.1, 0.15) is 27.7 Å². The van der Waals surface area contributed by atoms with Gasteiger partial charge in [0.15, 0.2) is 0 Å². The molecule has 1 atom stereocenters. The first kappa shape index (κ1) is 20.9. The van der Waals surface area contributed by atoms with Crippen LogP contribution in [0.25, 0.3) is 0 Å². The first-order valence-corrected chi connectivity index (χ1v) is 9.50. The summed E-state index contributed by atoms with van der Waals surface area (Å²) in [6, 6.07) is -0.790. The van der Waals surface area contributed by atoms with Crippen LogP contribution in [0.15, 0.2) is 0 Å². The van der Waals surface area contributed by atoms with Gasteiger partial charge < -0.3 is 20.1 Å². The van der Waals surface area contributed by atoms with Crippen LogP contribution in [-0.4, -0.2) is 54.8 Å². The summed E-state index contributed by atoms with van der Waals surface area (Å²) in [6.07, 6.45) is 1.19. The third kappa shape index (κ3) is 10.6. The predicted octanol–water partition coefficient (Wildman–Crippen LogP) is 1.57. The van der Waals surface area contributed by atoms with E-state index in [-0.39, 0.29) is 13.2 Å². The number of nitrogens with one attached hydrogen (secondary N) is 2. The third-order valence-corrected chi connectivity index (χ3v) is 3.89. The van der Waals surface area contributed by atoms with Gasteiger partial charge in [0.1, 0.15) is 18.2 Å². The van der Waals surface area contributed by atoms with Crippen LogP contribution in [0.2, 0.25) is 0 Å². The van der Waals surface area contributed by atoms with Crippen molar-refractivity contribution >= 4 is 39.6 Å². The Morgan fingerprint density at radius 2 is 1.86 bits per heavy atom. The Balaban J connectivity index is 4.51. The fourth-order valence-corrected chi connectivity index (χ4v) is 2.59. The van der Waals surface area contributed by atoms with Crippen molar-refractivity contribution in [3.05, 3.63) is 0 Å². The van der Waals surface area contributed by atoms with Gasteiger partial charge in [-0.2, -0.15) is 0 Å². The predicted molar refractivity (Wildman–Crippen MR) is 88.8 cm³/mol. The molecule has 0 aromatic rings. The van der Waals surface area contributed by atoms with Gasteiger partial charge in [-0.25, -0.2) is 4.79 Å². The van der Waals surface area contributed by atoms with Crippen LogP contribution in [0, 0.1) is 0 Å². The van der Waals surface area contributed by atoms with Crippen LogP contribution in [0.4, 0.5) is 4.79 Å². The number of hydrogen-bond donors (Lipinski definition) is 2. The summed E-state index contributed by atoms with van der Waals surface area (Å²) in [5, 5.41) is 4.94. The van der Waals surface area contributed by atoms with Crippen LogP contribution < -0.4 is 10.6 Å². The highest BCUT2D eigenvalue weighted by Crippen LogP contribution is 2.18. The maximum atomic E-state index is 12.0. The molecule has 0 bridgehead atoms. The maximum absolute atomic E-state index is 12.0. The molecule has 0 aliphatic heterocycles. The average Bonchev–Trinajstić information content (AvgIpc) is 2.39. The smallest absolute Gasteiger partial charge is 0.408 e. The van der Waals surface area contributed by atoms with Gasteiger partial charge in [-0.05, 0) is 34.0 Å². The Labute approximate surface area is 139 Å². The molecule has 0 aromatic heterocycles. The SMILES string of the molecule is CCOC(=O)CNC(=O)[C@H](CSSC)NC(=O)OC(C)(C)C. The molecule has 22 heavy (non-hydrogen) atoms. The van der Waals surface area contributed by atoms with Gasteiger partial charge in [0.05, 0.1) is 6.61 Å². The molecule has 0 rings (SSSR count). The normalized spacial score (nSPS) is 12.2. The quantitative estimate of drug-likeness (QED) is 0.506. The Morgan fingerprint density at radius 1 is 1.23 bits per heavy atom. The Hall–Kier alpha value is -1.09. The van der Waals surface area contributed by atoms with Gasteiger partial charge in [0.2, 0.25) is 5.91 Å². The molecule has 2 N–H and O–H groups in total. The molecular formula is C13H24N2O5S2. The molecule has 0 saturated carbocycles. The molecule has 0 fully saturated rings. The molecule has 0 spiro atoms. The number of ether oxygens (including phenoxy) is 2. The summed E-state index contributed by atoms with van der Waals surface area (Å²) in [5.41, 5.74) is -0.650. The van der Waals surface area contributed by atoms with Crippen LogP contribution >= 0.6 is 21.6 Å². The highest BCUT2D eigenvalue weighted by atomic mass is 33.1. The minimum atomic E-state index is -0.790. The van der Waals surface area contributed by atoms with Crippen molar-refractivity contribution in [1.82, 2.24) is 10.6 Å². The van der Waals surface area contributed by atoms with Crippen LogP contribution in [-0.2, 0) is 19.1 Å². The second kappa shape index (κ2) is 10.6. The standard InChI is InChI=1S/C13H24N2O5S2/c1-6-19-10(16)7-14-11(17)9(8-22-21-5)15-12(18)20-13(2,3)4/h9H,6-8H2,1-5H3,(H,14,17)(H,15,18)/t9-/m0/s1. The number of rotatable bonds is 8. The maximum Gasteiger partial charge on any atom is 0.408 e. The lowest BCUT2D eigenvalue weighted by molar-refractivity contribution is -0.143. The van der Waals surface area contributed by atoms with Crippen molar-refractivity contribution in [1.29, 1.82) is 0 Å². The summed E-state index contributed by atoms with van der Waals surface area (Å²) in [5.74, 6) is -0.625. The van der Waals surface area contributed by atoms with Crippen LogP contribution in [0.5, 0.6) is 0 Å². The van der Waals surface area contributed by atoms with Gasteiger partial charge in [0, 0.05) is 5.75 Å². The largest absolute Gasteiger partial charge is 0.465 e. The van der Waals surface area contributed by atoms with E-state index in [1.54, 1.807) is 27.7 Å². The number of hydrogen-bond acceptors (Lipinski definition) is 7. The lowest BCUT2D eigenvalue weighted by atomic mass is 10.2. The molecule has 0 aliphatic carbocycles. The van der Waals surface area contributed by atoms with E-state index < -0.39 is 29.6 Å². The van der Waals surface area contributed by atoms with E-state index in [4.69, 9.17) is 9.47 Å². The average molecular weight is 352 g/mol. The fraction of sp³-hybridized carbons (Fsp3) is 0.769. The molecule has 0 unspecified atom stereocenters. The van der Waals surface area contributed by atoms with Gasteiger partial charge in [0.25, 0.3) is 0 Å². The van der Waals surface area contributed by atoms with E-state index in [9.17, 15) is 14.4 Å². The van der Waals surface area contributed by atoms with Crippen molar-refractivity contribution in [3.8, 4) is 0 Å². The number of carbonyl (C=O) groups is 3. The molecule has 0 heterocycles. The second-order valence-corrected chi connectivity index (χ2v) is 7.78. The molecular weight excluding hydrogens is 328 g/mol. The Kier molecular flexibility index (Phi) is 10.1. The zero-order valence-electron chi connectivity index (χ0n) is 13.6. The minimum absolute atomic E-state index is 0.233. The molecule has 0 aromatic carbocycles. The molecule has 0 aliphatic rings. The monoisotopic (exact) mass is 352 g/mol. The summed E-state index contributed by atoms with van der Waals surface area (Å²) in [7, 11) is 2.89. The lowest BCUT2D eigenvalue weighted by Gasteiger charge is -2.23. The van der Waals surface area contributed by atoms with Crippen molar-refractivity contribution in [2.45, 2.75) is 39.3 Å². The number of carbonyl (C=O) groups excluding carboxylic acids is 3. The van der Waals surface area contributed by atoms with E-state index in [1.807, 2.05) is 6.26 Å². The van der Waals surface area contributed by atoms with Crippen molar-refractivity contribution < 1.29 is 23.9 Å². The third-order valence-electron chi connectivity index (χ3n) is 2.07. The van der Waals surface area contributed by atoms with Crippen LogP contribution in [0.3, 0.4) is 0 Å². The van der Waals surface area contributed by atoms with Crippen molar-refractivity contribution in [2.75, 3.05) is 25.2 Å². The number of amides is 2. The molecule has 0 radical (unpaired) electrons. The van der Waals surface area contributed by atoms with Crippen molar-refractivity contribution in [3.63, 3.8) is 0 Å². The molecule has 0 saturated heterocycles. The summed E-state index contributed by atoms with van der Waals surface area (Å²) >= 11 is 0. The lowest BCUT2D eigenvalue weighted by Crippen LogP contribution is -2.50. The number of alkyl carbamates (subject to hydrolysis) is 1. The van der Waals surface area contributed by atoms with E-state index >= 15 is 0 Å². The summed E-state index contributed by atoms with van der Waals surface area (Å²) in [4.78, 5) is 35.0. The van der Waals surface area contributed by atoms with Crippen molar-refractivity contribution in [2.24, 2.45) is 0 Å². The zero-order chi connectivity index (χ0) is 17.2. The second-order valence-electron chi connectivity index (χ2n) is 5.17. The van der Waals surface area contributed by atoms with E-state index in [1.165, 1.54) is 21.6 Å². The minimum Gasteiger partial charge on any atom is -0.465 e. The molecule has 7 nitrogen and oxygen atoms in total. The van der Waals surface area contributed by atoms with E-state index in [2.05, 4.69) is 10.6 Å². The van der Waals surface area contributed by atoms with Gasteiger partial charge in [-0.1, -0.05) is 21.6 Å². The first-order chi connectivity index (χ1) is 10.2.